The third-order valence-electron chi connectivity index (χ3n) is 2.31. The Morgan fingerprint density at radius 2 is 1.94 bits per heavy atom. The van der Waals surface area contributed by atoms with Crippen molar-refractivity contribution in [2.75, 3.05) is 18.5 Å². The van der Waals surface area contributed by atoms with Gasteiger partial charge in [-0.05, 0) is 38.1 Å². The first-order chi connectivity index (χ1) is 7.99. The summed E-state index contributed by atoms with van der Waals surface area (Å²) < 4.78 is 5.53. The maximum atomic E-state index is 10.5. The van der Waals surface area contributed by atoms with Crippen LogP contribution in [0.1, 0.15) is 20.3 Å². The van der Waals surface area contributed by atoms with E-state index < -0.39 is 5.97 Å². The highest BCUT2D eigenvalue weighted by molar-refractivity contribution is 5.67. The average molecular weight is 237 g/mol. The molecule has 4 heteroatoms. The van der Waals surface area contributed by atoms with E-state index in [9.17, 15) is 4.79 Å². The van der Waals surface area contributed by atoms with Crippen molar-refractivity contribution >= 4 is 11.7 Å². The van der Waals surface area contributed by atoms with E-state index in [2.05, 4.69) is 0 Å². The molecule has 1 aromatic rings. The van der Waals surface area contributed by atoms with Gasteiger partial charge in [0.15, 0.2) is 0 Å². The second kappa shape index (κ2) is 6.13. The van der Waals surface area contributed by atoms with Gasteiger partial charge in [0.1, 0.15) is 5.75 Å². The number of nitrogens with zero attached hydrogens (tertiary/aromatic N) is 1. The summed E-state index contributed by atoms with van der Waals surface area (Å²) >= 11 is 0. The van der Waals surface area contributed by atoms with Crippen LogP contribution in [0.4, 0.5) is 5.69 Å². The quantitative estimate of drug-likeness (QED) is 0.825. The number of hydrogen-bond donors (Lipinski definition) is 1. The molecular weight excluding hydrogens is 218 g/mol. The topological polar surface area (TPSA) is 49.8 Å². The fourth-order valence-electron chi connectivity index (χ4n) is 1.44. The van der Waals surface area contributed by atoms with Crippen LogP contribution in [-0.4, -0.2) is 30.8 Å². The summed E-state index contributed by atoms with van der Waals surface area (Å²) in [5.41, 5.74) is 0.988. The summed E-state index contributed by atoms with van der Waals surface area (Å²) in [7, 11) is 1.88. The molecule has 94 valence electrons. The lowest BCUT2D eigenvalue weighted by Crippen LogP contribution is -2.20. The Labute approximate surface area is 102 Å². The molecule has 0 saturated heterocycles. The van der Waals surface area contributed by atoms with E-state index in [1.165, 1.54) is 0 Å². The Hall–Kier alpha value is -1.71. The normalized spacial score (nSPS) is 10.4. The number of hydrogen-bond acceptors (Lipinski definition) is 3. The van der Waals surface area contributed by atoms with E-state index in [1.54, 1.807) is 0 Å². The predicted molar refractivity (Wildman–Crippen MR) is 67.7 cm³/mol. The maximum Gasteiger partial charge on any atom is 0.305 e. The van der Waals surface area contributed by atoms with E-state index >= 15 is 0 Å². The molecule has 1 aromatic carbocycles. The second-order valence-electron chi connectivity index (χ2n) is 4.23. The number of ether oxygens (including phenoxy) is 1. The number of anilines is 1. The predicted octanol–water partition coefficient (Wildman–Crippen LogP) is 2.38. The molecule has 0 unspecified atom stereocenters. The number of carboxylic acids is 1. The molecule has 1 N–H and O–H groups in total. The van der Waals surface area contributed by atoms with Gasteiger partial charge in [-0.1, -0.05) is 0 Å². The number of rotatable bonds is 6. The molecule has 0 aliphatic carbocycles. The molecular formula is C13H19NO3. The molecule has 0 radical (unpaired) electrons. The highest BCUT2D eigenvalue weighted by atomic mass is 16.5. The van der Waals surface area contributed by atoms with Crippen molar-refractivity contribution in [3.8, 4) is 5.75 Å². The summed E-state index contributed by atoms with van der Waals surface area (Å²) in [6, 6.07) is 7.65. The number of benzene rings is 1. The van der Waals surface area contributed by atoms with Crippen molar-refractivity contribution in [2.45, 2.75) is 26.4 Å². The Kier molecular flexibility index (Phi) is 4.82. The minimum atomic E-state index is -0.781. The van der Waals surface area contributed by atoms with E-state index in [0.717, 1.165) is 11.4 Å². The van der Waals surface area contributed by atoms with Crippen molar-refractivity contribution < 1.29 is 14.6 Å². The molecule has 0 saturated carbocycles. The maximum absolute atomic E-state index is 10.5. The molecule has 0 amide bonds. The summed E-state index contributed by atoms with van der Waals surface area (Å²) in [6.45, 7) is 4.46. The monoisotopic (exact) mass is 237 g/mol. The lowest BCUT2D eigenvalue weighted by atomic mass is 10.2. The van der Waals surface area contributed by atoms with Crippen LogP contribution in [0, 0.1) is 0 Å². The summed E-state index contributed by atoms with van der Waals surface area (Å²) in [6.07, 6.45) is 0.298. The van der Waals surface area contributed by atoms with Gasteiger partial charge in [-0.15, -0.1) is 0 Å². The standard InChI is InChI=1S/C13H19NO3/c1-10(2)17-12-6-4-11(5-7-12)14(3)9-8-13(15)16/h4-7,10H,8-9H2,1-3H3,(H,15,16). The van der Waals surface area contributed by atoms with Crippen molar-refractivity contribution in [3.63, 3.8) is 0 Å². The molecule has 0 fully saturated rings. The average Bonchev–Trinajstić information content (AvgIpc) is 2.26. The first-order valence-corrected chi connectivity index (χ1v) is 5.68. The van der Waals surface area contributed by atoms with E-state index in [4.69, 9.17) is 9.84 Å². The summed E-state index contributed by atoms with van der Waals surface area (Å²) in [5.74, 6) is 0.0481. The number of carboxylic acid groups (broad SMARTS) is 1. The molecule has 1 rings (SSSR count). The van der Waals surface area contributed by atoms with E-state index in [0.29, 0.717) is 6.54 Å². The highest BCUT2D eigenvalue weighted by Crippen LogP contribution is 2.19. The van der Waals surface area contributed by atoms with Gasteiger partial charge in [0.25, 0.3) is 0 Å². The molecule has 0 spiro atoms. The zero-order valence-electron chi connectivity index (χ0n) is 10.5. The van der Waals surface area contributed by atoms with Crippen LogP contribution >= 0.6 is 0 Å². The summed E-state index contributed by atoms with van der Waals surface area (Å²) in [4.78, 5) is 12.4. The molecule has 0 aliphatic heterocycles. The zero-order chi connectivity index (χ0) is 12.8. The van der Waals surface area contributed by atoms with Crippen molar-refractivity contribution in [1.82, 2.24) is 0 Å². The Morgan fingerprint density at radius 1 is 1.35 bits per heavy atom. The van der Waals surface area contributed by atoms with Gasteiger partial charge in [-0.25, -0.2) is 0 Å². The van der Waals surface area contributed by atoms with Crippen LogP contribution in [0.2, 0.25) is 0 Å². The fourth-order valence-corrected chi connectivity index (χ4v) is 1.44. The minimum Gasteiger partial charge on any atom is -0.491 e. The zero-order valence-corrected chi connectivity index (χ0v) is 10.5. The molecule has 4 nitrogen and oxygen atoms in total. The van der Waals surface area contributed by atoms with E-state index in [1.807, 2.05) is 50.1 Å². The van der Waals surface area contributed by atoms with Gasteiger partial charge >= 0.3 is 5.97 Å². The number of carbonyl (C=O) groups is 1. The van der Waals surface area contributed by atoms with Gasteiger partial charge in [-0.2, -0.15) is 0 Å². The molecule has 0 bridgehead atoms. The lowest BCUT2D eigenvalue weighted by Gasteiger charge is -2.19. The fraction of sp³-hybridized carbons (Fsp3) is 0.462. The minimum absolute atomic E-state index is 0.140. The first kappa shape index (κ1) is 13.4. The molecule has 0 heterocycles. The number of aliphatic carboxylic acids is 1. The third kappa shape index (κ3) is 4.76. The van der Waals surface area contributed by atoms with Gasteiger partial charge in [0, 0.05) is 19.3 Å². The summed E-state index contributed by atoms with van der Waals surface area (Å²) in [5, 5.41) is 8.61. The van der Waals surface area contributed by atoms with Crippen molar-refractivity contribution in [2.24, 2.45) is 0 Å². The van der Waals surface area contributed by atoms with Crippen LogP contribution in [-0.2, 0) is 4.79 Å². The van der Waals surface area contributed by atoms with Crippen LogP contribution in [0.5, 0.6) is 5.75 Å². The smallest absolute Gasteiger partial charge is 0.305 e. The van der Waals surface area contributed by atoms with Gasteiger partial charge in [0.2, 0.25) is 0 Å². The van der Waals surface area contributed by atoms with Gasteiger partial charge < -0.3 is 14.7 Å². The molecule has 17 heavy (non-hydrogen) atoms. The lowest BCUT2D eigenvalue weighted by molar-refractivity contribution is -0.136. The van der Waals surface area contributed by atoms with Crippen LogP contribution in [0.25, 0.3) is 0 Å². The molecule has 0 aliphatic rings. The SMILES string of the molecule is CC(C)Oc1ccc(N(C)CCC(=O)O)cc1. The van der Waals surface area contributed by atoms with Gasteiger partial charge in [0.05, 0.1) is 12.5 Å². The molecule has 0 aromatic heterocycles. The van der Waals surface area contributed by atoms with Crippen molar-refractivity contribution in [3.05, 3.63) is 24.3 Å². The van der Waals surface area contributed by atoms with Gasteiger partial charge in [-0.3, -0.25) is 4.79 Å². The van der Waals surface area contributed by atoms with Crippen LogP contribution in [0.15, 0.2) is 24.3 Å². The van der Waals surface area contributed by atoms with E-state index in [-0.39, 0.29) is 12.5 Å². The van der Waals surface area contributed by atoms with Crippen molar-refractivity contribution in [1.29, 1.82) is 0 Å². The third-order valence-corrected chi connectivity index (χ3v) is 2.31. The Morgan fingerprint density at radius 3 is 2.41 bits per heavy atom. The van der Waals surface area contributed by atoms with Crippen LogP contribution in [0.3, 0.4) is 0 Å². The highest BCUT2D eigenvalue weighted by Gasteiger charge is 2.04. The largest absolute Gasteiger partial charge is 0.491 e. The first-order valence-electron chi connectivity index (χ1n) is 5.68. The Balaban J connectivity index is 2.57. The Bertz CT molecular complexity index is 359. The van der Waals surface area contributed by atoms with Crippen LogP contribution < -0.4 is 9.64 Å². The second-order valence-corrected chi connectivity index (χ2v) is 4.23. The molecule has 0 atom stereocenters.